The summed E-state index contributed by atoms with van der Waals surface area (Å²) in [4.78, 5) is 24.6. The smallest absolute Gasteiger partial charge is 0.177 e. The summed E-state index contributed by atoms with van der Waals surface area (Å²) >= 11 is 0. The third-order valence-corrected chi connectivity index (χ3v) is 3.32. The standard InChI is InChI=1S/C16H25N3O5/c1-10(2)16(23-4)14(15(22)11(3)20)19-24-8-13(21)5-12-6-17-9-18-7-12/h6-7,9-11,15-16,20,22H,5,8H2,1-4H3/b19-14+/t11-,15+,16+/m1/s1. The van der Waals surface area contributed by atoms with Crippen LogP contribution >= 0.6 is 0 Å². The first-order valence-corrected chi connectivity index (χ1v) is 7.71. The molecular formula is C16H25N3O5. The normalized spacial score (nSPS) is 15.9. The molecule has 2 N–H and O–H groups in total. The van der Waals surface area contributed by atoms with E-state index < -0.39 is 18.3 Å². The van der Waals surface area contributed by atoms with Crippen molar-refractivity contribution in [2.75, 3.05) is 13.7 Å². The summed E-state index contributed by atoms with van der Waals surface area (Å²) in [6, 6.07) is 0. The van der Waals surface area contributed by atoms with Crippen molar-refractivity contribution in [3.05, 3.63) is 24.3 Å². The van der Waals surface area contributed by atoms with E-state index in [0.29, 0.717) is 5.56 Å². The summed E-state index contributed by atoms with van der Waals surface area (Å²) < 4.78 is 5.32. The molecule has 0 saturated heterocycles. The first-order chi connectivity index (χ1) is 11.4. The molecule has 8 heteroatoms. The highest BCUT2D eigenvalue weighted by Crippen LogP contribution is 2.13. The molecule has 0 aliphatic heterocycles. The average Bonchev–Trinajstić information content (AvgIpc) is 2.53. The van der Waals surface area contributed by atoms with Crippen molar-refractivity contribution in [2.45, 2.75) is 45.5 Å². The van der Waals surface area contributed by atoms with E-state index in [4.69, 9.17) is 9.57 Å². The van der Waals surface area contributed by atoms with Gasteiger partial charge in [0, 0.05) is 25.9 Å². The number of hydrogen-bond acceptors (Lipinski definition) is 8. The Morgan fingerprint density at radius 3 is 2.38 bits per heavy atom. The van der Waals surface area contributed by atoms with Crippen LogP contribution in [0.3, 0.4) is 0 Å². The average molecular weight is 339 g/mol. The van der Waals surface area contributed by atoms with Crippen LogP contribution in [0.2, 0.25) is 0 Å². The molecule has 0 saturated carbocycles. The van der Waals surface area contributed by atoms with Gasteiger partial charge in [0.1, 0.15) is 24.2 Å². The van der Waals surface area contributed by atoms with E-state index in [-0.39, 0.29) is 30.4 Å². The van der Waals surface area contributed by atoms with Gasteiger partial charge in [0.15, 0.2) is 12.4 Å². The number of aliphatic hydroxyl groups excluding tert-OH is 2. The maximum atomic E-state index is 11.9. The van der Waals surface area contributed by atoms with Gasteiger partial charge in [-0.3, -0.25) is 4.79 Å². The molecule has 0 aromatic carbocycles. The number of nitrogens with zero attached hydrogens (tertiary/aromatic N) is 3. The van der Waals surface area contributed by atoms with Gasteiger partial charge in [0.05, 0.1) is 6.10 Å². The minimum absolute atomic E-state index is 0.00270. The molecule has 0 radical (unpaired) electrons. The summed E-state index contributed by atoms with van der Waals surface area (Å²) in [6.45, 7) is 4.95. The Morgan fingerprint density at radius 2 is 1.88 bits per heavy atom. The van der Waals surface area contributed by atoms with E-state index in [2.05, 4.69) is 15.1 Å². The van der Waals surface area contributed by atoms with Gasteiger partial charge >= 0.3 is 0 Å². The number of methoxy groups -OCH3 is 1. The highest BCUT2D eigenvalue weighted by atomic mass is 16.6. The van der Waals surface area contributed by atoms with Crippen molar-refractivity contribution in [1.29, 1.82) is 0 Å². The SMILES string of the molecule is CO[C@H](/C(=N/OCC(=O)Cc1cncnc1)[C@@H](O)[C@@H](C)O)C(C)C. The molecule has 0 fully saturated rings. The molecule has 0 amide bonds. The number of Topliss-reactive ketones (excluding diaryl/α,β-unsaturated/α-hetero) is 1. The zero-order chi connectivity index (χ0) is 18.1. The Hall–Kier alpha value is -1.90. The molecule has 1 heterocycles. The number of carbonyl (C=O) groups excluding carboxylic acids is 1. The number of aromatic nitrogens is 2. The van der Waals surface area contributed by atoms with Crippen molar-refractivity contribution in [3.63, 3.8) is 0 Å². The second-order valence-corrected chi connectivity index (χ2v) is 5.84. The van der Waals surface area contributed by atoms with Crippen molar-refractivity contribution in [2.24, 2.45) is 11.1 Å². The second-order valence-electron chi connectivity index (χ2n) is 5.84. The third-order valence-electron chi connectivity index (χ3n) is 3.32. The van der Waals surface area contributed by atoms with Crippen LogP contribution in [0, 0.1) is 5.92 Å². The van der Waals surface area contributed by atoms with Gasteiger partial charge in [-0.05, 0) is 18.4 Å². The number of ether oxygens (including phenoxy) is 1. The van der Waals surface area contributed by atoms with Gasteiger partial charge in [0.25, 0.3) is 0 Å². The third kappa shape index (κ3) is 6.31. The quantitative estimate of drug-likeness (QED) is 0.467. The van der Waals surface area contributed by atoms with Crippen LogP contribution in [0.25, 0.3) is 0 Å². The summed E-state index contributed by atoms with van der Waals surface area (Å²) in [5.41, 5.74) is 0.828. The molecule has 3 atom stereocenters. The van der Waals surface area contributed by atoms with Gasteiger partial charge < -0.3 is 19.8 Å². The monoisotopic (exact) mass is 339 g/mol. The number of rotatable bonds is 10. The van der Waals surface area contributed by atoms with E-state index in [1.165, 1.54) is 20.4 Å². The lowest BCUT2D eigenvalue weighted by atomic mass is 9.96. The predicted molar refractivity (Wildman–Crippen MR) is 87.5 cm³/mol. The summed E-state index contributed by atoms with van der Waals surface area (Å²) in [5, 5.41) is 23.5. The lowest BCUT2D eigenvalue weighted by molar-refractivity contribution is -0.123. The number of ketones is 1. The topological polar surface area (TPSA) is 114 Å². The van der Waals surface area contributed by atoms with Crippen LogP contribution < -0.4 is 0 Å². The number of carbonyl (C=O) groups is 1. The first-order valence-electron chi connectivity index (χ1n) is 7.71. The van der Waals surface area contributed by atoms with E-state index >= 15 is 0 Å². The van der Waals surface area contributed by atoms with Crippen LogP contribution in [-0.4, -0.2) is 63.7 Å². The molecule has 0 unspecified atom stereocenters. The van der Waals surface area contributed by atoms with Crippen LogP contribution in [0.1, 0.15) is 26.3 Å². The van der Waals surface area contributed by atoms with E-state index in [1.54, 1.807) is 12.4 Å². The maximum Gasteiger partial charge on any atom is 0.177 e. The Balaban J connectivity index is 2.71. The molecule has 0 bridgehead atoms. The van der Waals surface area contributed by atoms with Crippen LogP contribution in [0.5, 0.6) is 0 Å². The Kier molecular flexibility index (Phi) is 8.45. The Morgan fingerprint density at radius 1 is 1.25 bits per heavy atom. The van der Waals surface area contributed by atoms with Gasteiger partial charge in [-0.1, -0.05) is 19.0 Å². The second kappa shape index (κ2) is 10.1. The molecule has 1 rings (SSSR count). The van der Waals surface area contributed by atoms with E-state index in [9.17, 15) is 15.0 Å². The molecule has 0 aliphatic carbocycles. The minimum Gasteiger partial charge on any atom is -0.390 e. The van der Waals surface area contributed by atoms with E-state index in [0.717, 1.165) is 0 Å². The van der Waals surface area contributed by atoms with Crippen molar-refractivity contribution < 1.29 is 24.6 Å². The molecule has 1 aromatic rings. The van der Waals surface area contributed by atoms with E-state index in [1.807, 2.05) is 13.8 Å². The van der Waals surface area contributed by atoms with Crippen LogP contribution in [0.4, 0.5) is 0 Å². The largest absolute Gasteiger partial charge is 0.390 e. The van der Waals surface area contributed by atoms with Crippen molar-refractivity contribution >= 4 is 11.5 Å². The molecule has 0 aliphatic rings. The van der Waals surface area contributed by atoms with Crippen LogP contribution in [0.15, 0.2) is 23.9 Å². The van der Waals surface area contributed by atoms with Gasteiger partial charge in [-0.25, -0.2) is 9.97 Å². The zero-order valence-electron chi connectivity index (χ0n) is 14.4. The van der Waals surface area contributed by atoms with Crippen molar-refractivity contribution in [3.8, 4) is 0 Å². The first kappa shape index (κ1) is 20.1. The fourth-order valence-electron chi connectivity index (χ4n) is 2.13. The van der Waals surface area contributed by atoms with Crippen LogP contribution in [-0.2, 0) is 20.8 Å². The summed E-state index contributed by atoms with van der Waals surface area (Å²) in [5.74, 6) is -0.208. The molecule has 8 nitrogen and oxygen atoms in total. The predicted octanol–water partition coefficient (Wildman–Crippen LogP) is 0.373. The number of oxime groups is 1. The Bertz CT molecular complexity index is 534. The lowest BCUT2D eigenvalue weighted by Gasteiger charge is -2.25. The summed E-state index contributed by atoms with van der Waals surface area (Å²) in [6.07, 6.45) is 1.80. The van der Waals surface area contributed by atoms with Gasteiger partial charge in [-0.15, -0.1) is 0 Å². The lowest BCUT2D eigenvalue weighted by Crippen LogP contribution is -2.42. The highest BCUT2D eigenvalue weighted by molar-refractivity contribution is 5.93. The van der Waals surface area contributed by atoms with Gasteiger partial charge in [0.2, 0.25) is 0 Å². The summed E-state index contributed by atoms with van der Waals surface area (Å²) in [7, 11) is 1.48. The molecule has 134 valence electrons. The minimum atomic E-state index is -1.24. The molecule has 1 aromatic heterocycles. The fraction of sp³-hybridized carbons (Fsp3) is 0.625. The number of aliphatic hydroxyl groups is 2. The van der Waals surface area contributed by atoms with Gasteiger partial charge in [-0.2, -0.15) is 0 Å². The molecule has 24 heavy (non-hydrogen) atoms. The Labute approximate surface area is 141 Å². The molecule has 0 spiro atoms. The van der Waals surface area contributed by atoms with Crippen molar-refractivity contribution in [1.82, 2.24) is 9.97 Å². The zero-order valence-corrected chi connectivity index (χ0v) is 14.4. The molecular weight excluding hydrogens is 314 g/mol. The number of hydrogen-bond donors (Lipinski definition) is 2. The fourth-order valence-corrected chi connectivity index (χ4v) is 2.13. The maximum absolute atomic E-state index is 11.9. The highest BCUT2D eigenvalue weighted by Gasteiger charge is 2.29.